The van der Waals surface area contributed by atoms with Crippen LogP contribution in [0.25, 0.3) is 0 Å². The van der Waals surface area contributed by atoms with E-state index in [9.17, 15) is 4.79 Å². The molecule has 0 amide bonds. The fraction of sp³-hybridized carbons (Fsp3) is 0.222. The van der Waals surface area contributed by atoms with Crippen LogP contribution in [0.3, 0.4) is 0 Å². The predicted molar refractivity (Wildman–Crippen MR) is 53.1 cm³/mol. The Kier molecular flexibility index (Phi) is 6.62. The maximum absolute atomic E-state index is 10.3. The van der Waals surface area contributed by atoms with Crippen molar-refractivity contribution in [3.63, 3.8) is 0 Å². The van der Waals surface area contributed by atoms with Gasteiger partial charge in [-0.1, -0.05) is 18.2 Å². The Labute approximate surface area is 120 Å². The summed E-state index contributed by atoms with van der Waals surface area (Å²) < 4.78 is 0. The number of nitrogens with zero attached hydrogens (tertiary/aromatic N) is 1. The fourth-order valence-corrected chi connectivity index (χ4v) is 0.977. The van der Waals surface area contributed by atoms with Gasteiger partial charge in [0.05, 0.1) is 0 Å². The number of rotatable bonds is 3. The van der Waals surface area contributed by atoms with E-state index in [1.807, 2.05) is 30.3 Å². The Morgan fingerprint density at radius 2 is 1.92 bits per heavy atom. The first-order valence-electron chi connectivity index (χ1n) is 3.68. The van der Waals surface area contributed by atoms with E-state index in [4.69, 9.17) is 5.11 Å². The van der Waals surface area contributed by atoms with Gasteiger partial charge in [-0.3, -0.25) is 4.79 Å². The SMILES string of the molecule is CN(CC(=O)O)c1ccccc1.[K]. The van der Waals surface area contributed by atoms with Crippen molar-refractivity contribution in [2.45, 2.75) is 0 Å². The van der Waals surface area contributed by atoms with Crippen LogP contribution in [0.4, 0.5) is 5.69 Å². The van der Waals surface area contributed by atoms with E-state index in [0.717, 1.165) is 5.69 Å². The summed E-state index contributed by atoms with van der Waals surface area (Å²) in [6.45, 7) is 0.0318. The second kappa shape index (κ2) is 6.56. The first kappa shape index (κ1) is 13.1. The number of carboxylic acid groups (broad SMARTS) is 1. The molecule has 0 atom stereocenters. The minimum absolute atomic E-state index is 0. The van der Waals surface area contributed by atoms with Gasteiger partial charge in [-0.15, -0.1) is 0 Å². The van der Waals surface area contributed by atoms with E-state index in [1.54, 1.807) is 11.9 Å². The van der Waals surface area contributed by atoms with Gasteiger partial charge in [-0.2, -0.15) is 0 Å². The smallest absolute Gasteiger partial charge is 0.323 e. The molecule has 0 fully saturated rings. The zero-order valence-electron chi connectivity index (χ0n) is 7.90. The molecule has 0 aliphatic heterocycles. The van der Waals surface area contributed by atoms with Crippen molar-refractivity contribution in [1.29, 1.82) is 0 Å². The van der Waals surface area contributed by atoms with Gasteiger partial charge in [0.1, 0.15) is 6.54 Å². The number of carbonyl (C=O) groups is 1. The van der Waals surface area contributed by atoms with Gasteiger partial charge >= 0.3 is 5.97 Å². The molecular formula is C9H11KNO2. The van der Waals surface area contributed by atoms with Gasteiger partial charge in [0, 0.05) is 64.1 Å². The largest absolute Gasteiger partial charge is 0.480 e. The number of likely N-dealkylation sites (N-methyl/N-ethyl adjacent to an activating group) is 1. The topological polar surface area (TPSA) is 40.5 Å². The average Bonchev–Trinajstić information content (AvgIpc) is 2.05. The number of anilines is 1. The van der Waals surface area contributed by atoms with Crippen molar-refractivity contribution in [2.24, 2.45) is 0 Å². The van der Waals surface area contributed by atoms with Crippen LogP contribution in [0.1, 0.15) is 0 Å². The summed E-state index contributed by atoms with van der Waals surface area (Å²) in [6.07, 6.45) is 0. The summed E-state index contributed by atoms with van der Waals surface area (Å²) in [5.41, 5.74) is 0.917. The van der Waals surface area contributed by atoms with Crippen LogP contribution in [0.5, 0.6) is 0 Å². The van der Waals surface area contributed by atoms with Crippen LogP contribution in [0.15, 0.2) is 30.3 Å². The Hall–Kier alpha value is 0.126. The normalized spacial score (nSPS) is 8.69. The van der Waals surface area contributed by atoms with E-state index < -0.39 is 5.97 Å². The molecule has 1 aromatic rings. The summed E-state index contributed by atoms with van der Waals surface area (Å²) in [5, 5.41) is 8.50. The van der Waals surface area contributed by atoms with E-state index >= 15 is 0 Å². The second-order valence-corrected chi connectivity index (χ2v) is 2.59. The molecule has 0 spiro atoms. The van der Waals surface area contributed by atoms with Crippen molar-refractivity contribution >= 4 is 63.0 Å². The summed E-state index contributed by atoms with van der Waals surface area (Å²) in [4.78, 5) is 12.0. The number of carboxylic acids is 1. The molecule has 65 valence electrons. The van der Waals surface area contributed by atoms with Crippen molar-refractivity contribution < 1.29 is 9.90 Å². The molecular weight excluding hydrogens is 193 g/mol. The number of benzene rings is 1. The first-order valence-corrected chi connectivity index (χ1v) is 3.68. The van der Waals surface area contributed by atoms with Crippen molar-refractivity contribution in [3.05, 3.63) is 30.3 Å². The molecule has 0 saturated heterocycles. The van der Waals surface area contributed by atoms with E-state index in [0.29, 0.717) is 0 Å². The standard InChI is InChI=1S/C9H11NO2.K/c1-10(7-9(11)12)8-5-3-2-4-6-8;/h2-6H,7H2,1H3,(H,11,12);. The molecule has 13 heavy (non-hydrogen) atoms. The number of hydrogen-bond donors (Lipinski definition) is 1. The van der Waals surface area contributed by atoms with E-state index in [2.05, 4.69) is 0 Å². The van der Waals surface area contributed by atoms with Gasteiger partial charge in [0.15, 0.2) is 0 Å². The maximum atomic E-state index is 10.3. The van der Waals surface area contributed by atoms with Crippen molar-refractivity contribution in [3.8, 4) is 0 Å². The Balaban J connectivity index is 0.00000144. The molecule has 1 rings (SSSR count). The van der Waals surface area contributed by atoms with E-state index in [-0.39, 0.29) is 57.9 Å². The van der Waals surface area contributed by atoms with Crippen molar-refractivity contribution in [2.75, 3.05) is 18.5 Å². The zero-order chi connectivity index (χ0) is 8.97. The summed E-state index contributed by atoms with van der Waals surface area (Å²) in [6, 6.07) is 9.42. The molecule has 0 aromatic heterocycles. The third kappa shape index (κ3) is 4.78. The molecule has 0 bridgehead atoms. The summed E-state index contributed by atoms with van der Waals surface area (Å²) >= 11 is 0. The first-order chi connectivity index (χ1) is 5.70. The maximum Gasteiger partial charge on any atom is 0.323 e. The van der Waals surface area contributed by atoms with Crippen molar-refractivity contribution in [1.82, 2.24) is 0 Å². The molecule has 0 unspecified atom stereocenters. The Morgan fingerprint density at radius 1 is 1.38 bits per heavy atom. The fourth-order valence-electron chi connectivity index (χ4n) is 0.977. The molecule has 3 nitrogen and oxygen atoms in total. The minimum atomic E-state index is -0.818. The zero-order valence-corrected chi connectivity index (χ0v) is 11.0. The molecule has 1 N–H and O–H groups in total. The van der Waals surface area contributed by atoms with Crippen LogP contribution < -0.4 is 4.90 Å². The van der Waals surface area contributed by atoms with Crippen LogP contribution in [0.2, 0.25) is 0 Å². The monoisotopic (exact) mass is 204 g/mol. The van der Waals surface area contributed by atoms with Gasteiger partial charge in [0.2, 0.25) is 0 Å². The van der Waals surface area contributed by atoms with Gasteiger partial charge in [-0.05, 0) is 12.1 Å². The van der Waals surface area contributed by atoms with Crippen LogP contribution in [-0.4, -0.2) is 76.1 Å². The van der Waals surface area contributed by atoms with Gasteiger partial charge in [0.25, 0.3) is 0 Å². The second-order valence-electron chi connectivity index (χ2n) is 2.59. The van der Waals surface area contributed by atoms with Gasteiger partial charge in [-0.25, -0.2) is 0 Å². The van der Waals surface area contributed by atoms with Crippen LogP contribution >= 0.6 is 0 Å². The molecule has 0 saturated carbocycles. The van der Waals surface area contributed by atoms with Gasteiger partial charge < -0.3 is 10.0 Å². The number of hydrogen-bond acceptors (Lipinski definition) is 2. The predicted octanol–water partition coefficient (Wildman–Crippen LogP) is 0.827. The quantitative estimate of drug-likeness (QED) is 0.741. The van der Waals surface area contributed by atoms with Crippen LogP contribution in [-0.2, 0) is 4.79 Å². The molecule has 4 heteroatoms. The minimum Gasteiger partial charge on any atom is -0.480 e. The average molecular weight is 204 g/mol. The Morgan fingerprint density at radius 3 is 2.38 bits per heavy atom. The number of aliphatic carboxylic acids is 1. The molecule has 0 aliphatic rings. The number of para-hydroxylation sites is 1. The molecule has 0 heterocycles. The Bertz CT molecular complexity index is 264. The summed E-state index contributed by atoms with van der Waals surface area (Å²) in [7, 11) is 1.75. The third-order valence-electron chi connectivity index (χ3n) is 1.57. The molecule has 1 radical (unpaired) electrons. The molecule has 0 aliphatic carbocycles. The van der Waals surface area contributed by atoms with E-state index in [1.165, 1.54) is 0 Å². The third-order valence-corrected chi connectivity index (χ3v) is 1.57. The molecule has 1 aromatic carbocycles. The summed E-state index contributed by atoms with van der Waals surface area (Å²) in [5.74, 6) is -0.818. The van der Waals surface area contributed by atoms with Crippen LogP contribution in [0, 0.1) is 0 Å².